The molecule has 1 aromatic heterocycles. The fraction of sp³-hybridized carbons (Fsp3) is 0.214. The molecular formula is C14H16N4O5S. The number of benzene rings is 1. The number of aromatic amines is 1. The summed E-state index contributed by atoms with van der Waals surface area (Å²) in [6.45, 7) is 2.16. The Bertz CT molecular complexity index is 842. The van der Waals surface area contributed by atoms with Crippen LogP contribution in [0, 0.1) is 0 Å². The van der Waals surface area contributed by atoms with E-state index in [4.69, 9.17) is 10.5 Å². The van der Waals surface area contributed by atoms with E-state index in [1.54, 1.807) is 0 Å². The van der Waals surface area contributed by atoms with Gasteiger partial charge in [-0.15, -0.1) is 0 Å². The summed E-state index contributed by atoms with van der Waals surface area (Å²) in [5.74, 6) is -1.36. The van der Waals surface area contributed by atoms with Crippen molar-refractivity contribution in [2.75, 3.05) is 11.3 Å². The van der Waals surface area contributed by atoms with Gasteiger partial charge in [-0.05, 0) is 30.7 Å². The molecule has 0 radical (unpaired) electrons. The molecule has 0 bridgehead atoms. The highest BCUT2D eigenvalue weighted by atomic mass is 32.2. The van der Waals surface area contributed by atoms with Gasteiger partial charge in [-0.3, -0.25) is 14.6 Å². The minimum absolute atomic E-state index is 0.0262. The third kappa shape index (κ3) is 4.10. The number of nitrogens with two attached hydrogens (primary N) is 1. The van der Waals surface area contributed by atoms with Crippen LogP contribution < -0.4 is 10.5 Å². The summed E-state index contributed by atoms with van der Waals surface area (Å²) in [6.07, 6.45) is 0.694. The Morgan fingerprint density at radius 2 is 1.96 bits per heavy atom. The molecule has 0 aliphatic heterocycles. The summed E-state index contributed by atoms with van der Waals surface area (Å²) in [5, 5.41) is 5.95. The molecule has 4 N–H and O–H groups in total. The van der Waals surface area contributed by atoms with Crippen molar-refractivity contribution in [3.8, 4) is 0 Å². The third-order valence-corrected chi connectivity index (χ3v) is 4.29. The molecule has 9 nitrogen and oxygen atoms in total. The maximum absolute atomic E-state index is 12.2. The van der Waals surface area contributed by atoms with Crippen molar-refractivity contribution in [1.82, 2.24) is 10.2 Å². The molecule has 0 spiro atoms. The number of esters is 1. The molecule has 10 heteroatoms. The second-order valence-electron chi connectivity index (χ2n) is 4.80. The Balaban J connectivity index is 2.14. The lowest BCUT2D eigenvalue weighted by Crippen LogP contribution is -2.14. The summed E-state index contributed by atoms with van der Waals surface area (Å²) >= 11 is 0. The van der Waals surface area contributed by atoms with Crippen LogP contribution >= 0.6 is 0 Å². The molecule has 0 saturated heterocycles. The molecule has 2 aromatic rings. The molecular weight excluding hydrogens is 336 g/mol. The maximum atomic E-state index is 12.2. The minimum atomic E-state index is -3.92. The predicted molar refractivity (Wildman–Crippen MR) is 84.9 cm³/mol. The molecule has 0 atom stereocenters. The van der Waals surface area contributed by atoms with Crippen LogP contribution in [-0.4, -0.2) is 37.1 Å². The van der Waals surface area contributed by atoms with Crippen LogP contribution in [0.2, 0.25) is 0 Å². The van der Waals surface area contributed by atoms with Gasteiger partial charge in [0.15, 0.2) is 5.82 Å². The number of anilines is 1. The number of aromatic nitrogens is 2. The Kier molecular flexibility index (Phi) is 5.19. The number of nitrogens with one attached hydrogen (secondary N) is 2. The van der Waals surface area contributed by atoms with Crippen molar-refractivity contribution < 1.29 is 22.7 Å². The SMILES string of the molecule is CCCOC(=O)c1ccc(S(=O)(=O)Nc2cc(C(N)=O)[nH]n2)cc1. The van der Waals surface area contributed by atoms with Crippen molar-refractivity contribution in [1.29, 1.82) is 0 Å². The number of hydrogen-bond acceptors (Lipinski definition) is 6. The third-order valence-electron chi connectivity index (χ3n) is 2.92. The first-order valence-electron chi connectivity index (χ1n) is 6.98. The van der Waals surface area contributed by atoms with Gasteiger partial charge in [-0.1, -0.05) is 6.92 Å². The minimum Gasteiger partial charge on any atom is -0.462 e. The van der Waals surface area contributed by atoms with Gasteiger partial charge in [0.05, 0.1) is 17.1 Å². The number of hydrogen-bond donors (Lipinski definition) is 3. The second kappa shape index (κ2) is 7.13. The lowest BCUT2D eigenvalue weighted by Gasteiger charge is -2.06. The molecule has 0 unspecified atom stereocenters. The number of H-pyrrole nitrogens is 1. The predicted octanol–water partition coefficient (Wildman–Crippen LogP) is 0.876. The highest BCUT2D eigenvalue weighted by Crippen LogP contribution is 2.16. The van der Waals surface area contributed by atoms with Gasteiger partial charge in [-0.2, -0.15) is 5.10 Å². The van der Waals surface area contributed by atoms with Gasteiger partial charge >= 0.3 is 5.97 Å². The van der Waals surface area contributed by atoms with Crippen LogP contribution in [0.5, 0.6) is 0 Å². The number of carbonyl (C=O) groups excluding carboxylic acids is 2. The summed E-state index contributed by atoms with van der Waals surface area (Å²) in [6, 6.07) is 6.42. The topological polar surface area (TPSA) is 144 Å². The largest absolute Gasteiger partial charge is 0.462 e. The van der Waals surface area contributed by atoms with E-state index in [1.807, 2.05) is 6.92 Å². The first-order valence-corrected chi connectivity index (χ1v) is 8.47. The molecule has 1 heterocycles. The first-order chi connectivity index (χ1) is 11.3. The Morgan fingerprint density at radius 1 is 1.29 bits per heavy atom. The second-order valence-corrected chi connectivity index (χ2v) is 6.48. The highest BCUT2D eigenvalue weighted by molar-refractivity contribution is 7.92. The van der Waals surface area contributed by atoms with Gasteiger partial charge in [0.25, 0.3) is 15.9 Å². The smallest absolute Gasteiger partial charge is 0.338 e. The zero-order chi connectivity index (χ0) is 17.7. The average molecular weight is 352 g/mol. The number of nitrogens with zero attached hydrogens (tertiary/aromatic N) is 1. The molecule has 0 aliphatic carbocycles. The maximum Gasteiger partial charge on any atom is 0.338 e. The van der Waals surface area contributed by atoms with Crippen LogP contribution in [0.1, 0.15) is 34.2 Å². The van der Waals surface area contributed by atoms with E-state index in [9.17, 15) is 18.0 Å². The normalized spacial score (nSPS) is 11.0. The van der Waals surface area contributed by atoms with E-state index in [1.165, 1.54) is 30.3 Å². The van der Waals surface area contributed by atoms with Gasteiger partial charge in [0, 0.05) is 6.07 Å². The summed E-state index contributed by atoms with van der Waals surface area (Å²) in [7, 11) is -3.92. The number of ether oxygens (including phenoxy) is 1. The van der Waals surface area contributed by atoms with Crippen molar-refractivity contribution >= 4 is 27.7 Å². The van der Waals surface area contributed by atoms with Crippen molar-refractivity contribution in [2.24, 2.45) is 5.73 Å². The van der Waals surface area contributed by atoms with E-state index in [-0.39, 0.29) is 22.0 Å². The molecule has 24 heavy (non-hydrogen) atoms. The van der Waals surface area contributed by atoms with Crippen LogP contribution in [0.15, 0.2) is 35.2 Å². The fourth-order valence-electron chi connectivity index (χ4n) is 1.75. The standard InChI is InChI=1S/C14H16N4O5S/c1-2-7-23-14(20)9-3-5-10(6-4-9)24(21,22)18-12-8-11(13(15)19)16-17-12/h3-6,8H,2,7H2,1H3,(H2,15,19)(H2,16,17,18). The zero-order valence-electron chi connectivity index (χ0n) is 12.8. The highest BCUT2D eigenvalue weighted by Gasteiger charge is 2.17. The first kappa shape index (κ1) is 17.5. The molecule has 0 aliphatic rings. The van der Waals surface area contributed by atoms with Crippen LogP contribution in [0.25, 0.3) is 0 Å². The number of sulfonamides is 1. The van der Waals surface area contributed by atoms with E-state index in [0.29, 0.717) is 13.0 Å². The molecule has 2 rings (SSSR count). The molecule has 1 aromatic carbocycles. The Morgan fingerprint density at radius 3 is 2.50 bits per heavy atom. The van der Waals surface area contributed by atoms with Gasteiger partial charge in [0.2, 0.25) is 0 Å². The van der Waals surface area contributed by atoms with E-state index < -0.39 is 21.9 Å². The summed E-state index contributed by atoms with van der Waals surface area (Å²) in [5.41, 5.74) is 5.27. The monoisotopic (exact) mass is 352 g/mol. The number of carbonyl (C=O) groups is 2. The van der Waals surface area contributed by atoms with Crippen LogP contribution in [0.3, 0.4) is 0 Å². The lowest BCUT2D eigenvalue weighted by atomic mass is 10.2. The molecule has 128 valence electrons. The Labute approximate surface area is 138 Å². The van der Waals surface area contributed by atoms with E-state index in [2.05, 4.69) is 14.9 Å². The van der Waals surface area contributed by atoms with Crippen LogP contribution in [-0.2, 0) is 14.8 Å². The number of rotatable bonds is 7. The van der Waals surface area contributed by atoms with E-state index >= 15 is 0 Å². The quantitative estimate of drug-likeness (QED) is 0.631. The Hall–Kier alpha value is -2.88. The molecule has 1 amide bonds. The number of primary amides is 1. The van der Waals surface area contributed by atoms with Crippen molar-refractivity contribution in [3.63, 3.8) is 0 Å². The molecule has 0 saturated carbocycles. The summed E-state index contributed by atoms with van der Waals surface area (Å²) in [4.78, 5) is 22.6. The van der Waals surface area contributed by atoms with Gasteiger partial charge in [-0.25, -0.2) is 13.2 Å². The van der Waals surface area contributed by atoms with E-state index in [0.717, 1.165) is 0 Å². The molecule has 0 fully saturated rings. The van der Waals surface area contributed by atoms with Gasteiger partial charge in [0.1, 0.15) is 5.69 Å². The van der Waals surface area contributed by atoms with Gasteiger partial charge < -0.3 is 10.5 Å². The van der Waals surface area contributed by atoms with Crippen LogP contribution in [0.4, 0.5) is 5.82 Å². The summed E-state index contributed by atoms with van der Waals surface area (Å²) < 4.78 is 31.6. The van der Waals surface area contributed by atoms with Crippen molar-refractivity contribution in [2.45, 2.75) is 18.2 Å². The number of amides is 1. The van der Waals surface area contributed by atoms with Crippen molar-refractivity contribution in [3.05, 3.63) is 41.6 Å². The zero-order valence-corrected chi connectivity index (χ0v) is 13.6. The lowest BCUT2D eigenvalue weighted by molar-refractivity contribution is 0.0505. The fourth-order valence-corrected chi connectivity index (χ4v) is 2.74. The average Bonchev–Trinajstić information content (AvgIpc) is 3.00.